The van der Waals surface area contributed by atoms with Crippen LogP contribution in [0.1, 0.15) is 18.7 Å². The molecular weight excluding hydrogens is 248 g/mol. The van der Waals surface area contributed by atoms with Gasteiger partial charge in [-0.3, -0.25) is 4.79 Å². The predicted octanol–water partition coefficient (Wildman–Crippen LogP) is 1.46. The third-order valence-electron chi connectivity index (χ3n) is 3.60. The molecule has 2 unspecified atom stereocenters. The Morgan fingerprint density at radius 3 is 3.00 bits per heavy atom. The third-order valence-corrected chi connectivity index (χ3v) is 4.46. The van der Waals surface area contributed by atoms with Gasteiger partial charge in [-0.15, -0.1) is 11.3 Å². The third kappa shape index (κ3) is 2.43. The van der Waals surface area contributed by atoms with E-state index in [1.165, 1.54) is 4.88 Å². The monoisotopic (exact) mass is 268 g/mol. The molecule has 4 nitrogen and oxygen atoms in total. The van der Waals surface area contributed by atoms with Crippen LogP contribution < -0.4 is 5.73 Å². The Labute approximate surface area is 112 Å². The van der Waals surface area contributed by atoms with E-state index < -0.39 is 5.41 Å². The standard InChI is InChI=1S/C13H20N2O2S/c1-3-15(7-10-5-4-6-18-10)12(16)13(2)9-17-8-11(13)14/h4-6,11H,3,7-9,14H2,1-2H3. The van der Waals surface area contributed by atoms with Crippen LogP contribution in [-0.4, -0.2) is 36.6 Å². The minimum Gasteiger partial charge on any atom is -0.379 e. The summed E-state index contributed by atoms with van der Waals surface area (Å²) < 4.78 is 5.35. The fourth-order valence-electron chi connectivity index (χ4n) is 2.19. The number of nitrogens with two attached hydrogens (primary N) is 1. The maximum atomic E-state index is 12.6. The Bertz CT molecular complexity index is 407. The maximum Gasteiger partial charge on any atom is 0.232 e. The van der Waals surface area contributed by atoms with Gasteiger partial charge < -0.3 is 15.4 Å². The first-order valence-electron chi connectivity index (χ1n) is 6.23. The second-order valence-electron chi connectivity index (χ2n) is 4.94. The first-order valence-corrected chi connectivity index (χ1v) is 7.11. The number of ether oxygens (including phenoxy) is 1. The van der Waals surface area contributed by atoms with E-state index in [0.29, 0.717) is 26.3 Å². The molecule has 0 aliphatic carbocycles. The highest BCUT2D eigenvalue weighted by molar-refractivity contribution is 7.09. The van der Waals surface area contributed by atoms with Crippen molar-refractivity contribution in [2.45, 2.75) is 26.4 Å². The molecular formula is C13H20N2O2S. The topological polar surface area (TPSA) is 55.6 Å². The average Bonchev–Trinajstić information content (AvgIpc) is 2.97. The molecule has 1 aliphatic rings. The van der Waals surface area contributed by atoms with Crippen molar-refractivity contribution in [3.05, 3.63) is 22.4 Å². The first-order chi connectivity index (χ1) is 8.58. The van der Waals surface area contributed by atoms with Crippen molar-refractivity contribution in [1.82, 2.24) is 4.90 Å². The highest BCUT2D eigenvalue weighted by Crippen LogP contribution is 2.30. The smallest absolute Gasteiger partial charge is 0.232 e. The van der Waals surface area contributed by atoms with Crippen LogP contribution in [0.15, 0.2) is 17.5 Å². The van der Waals surface area contributed by atoms with Gasteiger partial charge in [-0.25, -0.2) is 0 Å². The van der Waals surface area contributed by atoms with E-state index in [0.717, 1.165) is 0 Å². The van der Waals surface area contributed by atoms with Crippen LogP contribution in [0.2, 0.25) is 0 Å². The molecule has 0 saturated carbocycles. The van der Waals surface area contributed by atoms with Crippen LogP contribution in [0, 0.1) is 5.41 Å². The van der Waals surface area contributed by atoms with E-state index >= 15 is 0 Å². The highest BCUT2D eigenvalue weighted by Gasteiger charge is 2.46. The second kappa shape index (κ2) is 5.38. The molecule has 0 bridgehead atoms. The number of hydrogen-bond donors (Lipinski definition) is 1. The number of amides is 1. The number of carbonyl (C=O) groups excluding carboxylic acids is 1. The number of carbonyl (C=O) groups is 1. The molecule has 1 aromatic heterocycles. The van der Waals surface area contributed by atoms with Gasteiger partial charge in [-0.05, 0) is 25.3 Å². The quantitative estimate of drug-likeness (QED) is 0.899. The number of nitrogens with zero attached hydrogens (tertiary/aromatic N) is 1. The summed E-state index contributed by atoms with van der Waals surface area (Å²) in [6.45, 7) is 6.15. The van der Waals surface area contributed by atoms with Crippen LogP contribution in [0.25, 0.3) is 0 Å². The molecule has 1 aromatic rings. The van der Waals surface area contributed by atoms with Crippen molar-refractivity contribution in [3.63, 3.8) is 0 Å². The number of thiophene rings is 1. The van der Waals surface area contributed by atoms with Gasteiger partial charge in [0.1, 0.15) is 0 Å². The number of hydrogen-bond acceptors (Lipinski definition) is 4. The molecule has 2 atom stereocenters. The molecule has 1 fully saturated rings. The molecule has 2 rings (SSSR count). The van der Waals surface area contributed by atoms with Gasteiger partial charge in [-0.2, -0.15) is 0 Å². The fraction of sp³-hybridized carbons (Fsp3) is 0.615. The van der Waals surface area contributed by atoms with Crippen molar-refractivity contribution in [1.29, 1.82) is 0 Å². The molecule has 5 heteroatoms. The minimum atomic E-state index is -0.576. The molecule has 0 spiro atoms. The van der Waals surface area contributed by atoms with E-state index in [9.17, 15) is 4.79 Å². The molecule has 0 radical (unpaired) electrons. The zero-order valence-electron chi connectivity index (χ0n) is 10.9. The SMILES string of the molecule is CCN(Cc1cccs1)C(=O)C1(C)COCC1N. The largest absolute Gasteiger partial charge is 0.379 e. The van der Waals surface area contributed by atoms with Crippen LogP contribution in [0.5, 0.6) is 0 Å². The van der Waals surface area contributed by atoms with Crippen LogP contribution in [0.4, 0.5) is 0 Å². The minimum absolute atomic E-state index is 0.100. The summed E-state index contributed by atoms with van der Waals surface area (Å²) in [7, 11) is 0. The van der Waals surface area contributed by atoms with Gasteiger partial charge in [0.2, 0.25) is 5.91 Å². The Balaban J connectivity index is 2.10. The Hall–Kier alpha value is -0.910. The zero-order valence-corrected chi connectivity index (χ0v) is 11.7. The van der Waals surface area contributed by atoms with Crippen LogP contribution in [0.3, 0.4) is 0 Å². The van der Waals surface area contributed by atoms with Gasteiger partial charge >= 0.3 is 0 Å². The summed E-state index contributed by atoms with van der Waals surface area (Å²) >= 11 is 1.67. The lowest BCUT2D eigenvalue weighted by molar-refractivity contribution is -0.142. The molecule has 1 amide bonds. The van der Waals surface area contributed by atoms with Gasteiger partial charge in [0.05, 0.1) is 25.2 Å². The van der Waals surface area contributed by atoms with Gasteiger partial charge in [0, 0.05) is 17.5 Å². The van der Waals surface area contributed by atoms with Crippen molar-refractivity contribution < 1.29 is 9.53 Å². The lowest BCUT2D eigenvalue weighted by atomic mass is 9.84. The second-order valence-corrected chi connectivity index (χ2v) is 5.97. The highest BCUT2D eigenvalue weighted by atomic mass is 32.1. The number of rotatable bonds is 4. The van der Waals surface area contributed by atoms with Crippen LogP contribution >= 0.6 is 11.3 Å². The first kappa shape index (κ1) is 13.5. The summed E-state index contributed by atoms with van der Waals surface area (Å²) in [5.74, 6) is 0.100. The molecule has 2 N–H and O–H groups in total. The Morgan fingerprint density at radius 2 is 2.50 bits per heavy atom. The molecule has 2 heterocycles. The summed E-state index contributed by atoms with van der Waals surface area (Å²) in [4.78, 5) is 15.7. The van der Waals surface area contributed by atoms with Gasteiger partial charge in [0.25, 0.3) is 0 Å². The van der Waals surface area contributed by atoms with Crippen molar-refractivity contribution in [2.24, 2.45) is 11.1 Å². The Morgan fingerprint density at radius 1 is 1.72 bits per heavy atom. The van der Waals surface area contributed by atoms with E-state index in [1.54, 1.807) is 11.3 Å². The van der Waals surface area contributed by atoms with E-state index in [1.807, 2.05) is 36.3 Å². The van der Waals surface area contributed by atoms with Gasteiger partial charge in [-0.1, -0.05) is 6.07 Å². The summed E-state index contributed by atoms with van der Waals surface area (Å²) in [6, 6.07) is 3.85. The van der Waals surface area contributed by atoms with Crippen molar-refractivity contribution in [3.8, 4) is 0 Å². The summed E-state index contributed by atoms with van der Waals surface area (Å²) in [5, 5.41) is 2.03. The predicted molar refractivity (Wildman–Crippen MR) is 72.3 cm³/mol. The van der Waals surface area contributed by atoms with Crippen molar-refractivity contribution >= 4 is 17.2 Å². The zero-order chi connectivity index (χ0) is 13.2. The average molecular weight is 268 g/mol. The van der Waals surface area contributed by atoms with E-state index in [-0.39, 0.29) is 11.9 Å². The molecule has 100 valence electrons. The molecule has 1 aliphatic heterocycles. The summed E-state index contributed by atoms with van der Waals surface area (Å²) in [5.41, 5.74) is 5.43. The normalized spacial score (nSPS) is 27.4. The van der Waals surface area contributed by atoms with Crippen molar-refractivity contribution in [2.75, 3.05) is 19.8 Å². The van der Waals surface area contributed by atoms with Crippen LogP contribution in [-0.2, 0) is 16.1 Å². The van der Waals surface area contributed by atoms with Gasteiger partial charge in [0.15, 0.2) is 0 Å². The Kier molecular flexibility index (Phi) is 4.04. The molecule has 0 aromatic carbocycles. The summed E-state index contributed by atoms with van der Waals surface area (Å²) in [6.07, 6.45) is 0. The van der Waals surface area contributed by atoms with E-state index in [2.05, 4.69) is 0 Å². The van der Waals surface area contributed by atoms with E-state index in [4.69, 9.17) is 10.5 Å². The maximum absolute atomic E-state index is 12.6. The lowest BCUT2D eigenvalue weighted by Gasteiger charge is -2.32. The fourth-order valence-corrected chi connectivity index (χ4v) is 2.91. The molecule has 1 saturated heterocycles. The molecule has 18 heavy (non-hydrogen) atoms. The lowest BCUT2D eigenvalue weighted by Crippen LogP contribution is -2.51.